The van der Waals surface area contributed by atoms with E-state index in [1.54, 1.807) is 0 Å². The normalized spacial score (nSPS) is 13.5. The minimum atomic E-state index is -4.37. The van der Waals surface area contributed by atoms with Crippen LogP contribution < -0.4 is 0 Å². The third kappa shape index (κ3) is 3.95. The Hall–Kier alpha value is -0.610. The van der Waals surface area contributed by atoms with E-state index in [0.29, 0.717) is 0 Å². The number of carbonyl (C=O) groups excluding carboxylic acids is 1. The van der Waals surface area contributed by atoms with Crippen LogP contribution in [-0.4, -0.2) is 12.0 Å². The maximum absolute atomic E-state index is 11.7. The molecular weight excluding hydrogens is 164 g/mol. The van der Waals surface area contributed by atoms with E-state index >= 15 is 0 Å². The molecule has 0 aromatic heterocycles. The van der Waals surface area contributed by atoms with Gasteiger partial charge in [-0.05, 0) is 6.92 Å². The molecule has 0 bridgehead atoms. The van der Waals surface area contributed by atoms with Crippen LogP contribution in [0.1, 0.15) is 20.3 Å². The molecule has 0 aliphatic rings. The fourth-order valence-electron chi connectivity index (χ4n) is 0.489. The van der Waals surface area contributed by atoms with Crippen molar-refractivity contribution in [2.24, 2.45) is 5.92 Å². The number of hydrogen-bond donors (Lipinski definition) is 0. The molecule has 0 aromatic rings. The molecule has 0 aliphatic heterocycles. The Kier molecular flexibility index (Phi) is 5.09. The Morgan fingerprint density at radius 2 is 1.82 bits per heavy atom. The molecule has 1 nitrogen and oxygen atoms in total. The van der Waals surface area contributed by atoms with Crippen molar-refractivity contribution in [1.29, 1.82) is 0 Å². The molecule has 0 radical (unpaired) electrons. The molecule has 0 spiro atoms. The molecule has 0 aliphatic carbocycles. The molecule has 11 heavy (non-hydrogen) atoms. The van der Waals surface area contributed by atoms with Crippen molar-refractivity contribution in [2.75, 3.05) is 0 Å². The minimum absolute atomic E-state index is 0. The highest BCUT2D eigenvalue weighted by atomic mass is 19.4. The van der Waals surface area contributed by atoms with Gasteiger partial charge in [-0.3, -0.25) is 9.50 Å². The van der Waals surface area contributed by atoms with Crippen LogP contribution >= 0.6 is 0 Å². The molecule has 1 unspecified atom stereocenters. The lowest BCUT2D eigenvalue weighted by atomic mass is 10.0. The second kappa shape index (κ2) is 4.31. The van der Waals surface area contributed by atoms with Gasteiger partial charge in [0.1, 0.15) is 11.7 Å². The summed E-state index contributed by atoms with van der Waals surface area (Å²) >= 11 is 0. The zero-order valence-corrected chi connectivity index (χ0v) is 6.23. The molecule has 0 saturated carbocycles. The van der Waals surface area contributed by atoms with Gasteiger partial charge in [-0.1, -0.05) is 6.92 Å². The number of alkyl halides is 3. The molecule has 1 atom stereocenters. The number of hydrogen-bond acceptors (Lipinski definition) is 1. The Balaban J connectivity index is 0. The summed E-state index contributed by atoms with van der Waals surface area (Å²) in [5.74, 6) is -2.56. The average Bonchev–Trinajstić information content (AvgIpc) is 1.83. The summed E-state index contributed by atoms with van der Waals surface area (Å²) in [6, 6.07) is 0. The predicted octanol–water partition coefficient (Wildman–Crippen LogP) is 2.32. The van der Waals surface area contributed by atoms with Crippen molar-refractivity contribution >= 4 is 5.78 Å². The van der Waals surface area contributed by atoms with E-state index in [1.165, 1.54) is 6.92 Å². The van der Waals surface area contributed by atoms with E-state index in [-0.39, 0.29) is 11.1 Å². The standard InChI is InChI=1S/C6H9F3O.FH/c1-3-5(10)4(2)6(7,8)9;/h4H,3H2,1-2H3;1H. The first kappa shape index (κ1) is 13.0. The third-order valence-corrected chi connectivity index (χ3v) is 1.32. The smallest absolute Gasteiger partial charge is 0.299 e. The van der Waals surface area contributed by atoms with Crippen LogP contribution in [0, 0.1) is 5.92 Å². The van der Waals surface area contributed by atoms with Gasteiger partial charge in [-0.2, -0.15) is 13.2 Å². The van der Waals surface area contributed by atoms with E-state index in [4.69, 9.17) is 0 Å². The Bertz CT molecular complexity index is 129. The highest BCUT2D eigenvalue weighted by Crippen LogP contribution is 2.26. The van der Waals surface area contributed by atoms with Gasteiger partial charge in [0.05, 0.1) is 0 Å². The molecule has 68 valence electrons. The van der Waals surface area contributed by atoms with Crippen molar-refractivity contribution in [3.63, 3.8) is 0 Å². The van der Waals surface area contributed by atoms with Crippen LogP contribution in [-0.2, 0) is 4.79 Å². The Morgan fingerprint density at radius 3 is 1.91 bits per heavy atom. The van der Waals surface area contributed by atoms with Gasteiger partial charge in [0, 0.05) is 6.42 Å². The molecule has 0 aromatic carbocycles. The monoisotopic (exact) mass is 174 g/mol. The first-order valence-electron chi connectivity index (χ1n) is 2.99. The van der Waals surface area contributed by atoms with Gasteiger partial charge in [0.15, 0.2) is 0 Å². The second-order valence-corrected chi connectivity index (χ2v) is 2.08. The largest absolute Gasteiger partial charge is 0.398 e. The van der Waals surface area contributed by atoms with Crippen molar-refractivity contribution in [1.82, 2.24) is 0 Å². The fourth-order valence-corrected chi connectivity index (χ4v) is 0.489. The molecule has 5 heteroatoms. The average molecular weight is 174 g/mol. The summed E-state index contributed by atoms with van der Waals surface area (Å²) in [7, 11) is 0. The van der Waals surface area contributed by atoms with Gasteiger partial charge in [0.25, 0.3) is 0 Å². The first-order chi connectivity index (χ1) is 4.39. The van der Waals surface area contributed by atoms with Crippen LogP contribution in [0.3, 0.4) is 0 Å². The van der Waals surface area contributed by atoms with Gasteiger partial charge in [-0.15, -0.1) is 0 Å². The van der Waals surface area contributed by atoms with Crippen molar-refractivity contribution in [3.05, 3.63) is 0 Å². The lowest BCUT2D eigenvalue weighted by Crippen LogP contribution is -2.27. The summed E-state index contributed by atoms with van der Waals surface area (Å²) in [4.78, 5) is 10.4. The van der Waals surface area contributed by atoms with Crippen molar-refractivity contribution in [2.45, 2.75) is 26.4 Å². The van der Waals surface area contributed by atoms with Crippen molar-refractivity contribution < 1.29 is 22.7 Å². The summed E-state index contributed by atoms with van der Waals surface area (Å²) < 4.78 is 35.0. The third-order valence-electron chi connectivity index (χ3n) is 1.32. The lowest BCUT2D eigenvalue weighted by Gasteiger charge is -2.12. The number of rotatable bonds is 2. The topological polar surface area (TPSA) is 17.1 Å². The van der Waals surface area contributed by atoms with E-state index in [0.717, 1.165) is 6.92 Å². The quantitative estimate of drug-likeness (QED) is 0.587. The SMILES string of the molecule is CCC(=O)C(C)C(F)(F)F.F. The molecule has 0 heterocycles. The zero-order valence-electron chi connectivity index (χ0n) is 6.23. The number of carbonyl (C=O) groups is 1. The maximum atomic E-state index is 11.7. The molecule has 0 rings (SSSR count). The molecule has 0 N–H and O–H groups in total. The molecule has 0 saturated heterocycles. The highest BCUT2D eigenvalue weighted by molar-refractivity contribution is 5.80. The van der Waals surface area contributed by atoms with Crippen molar-refractivity contribution in [3.8, 4) is 0 Å². The Morgan fingerprint density at radius 1 is 1.45 bits per heavy atom. The first-order valence-corrected chi connectivity index (χ1v) is 2.99. The minimum Gasteiger partial charge on any atom is -0.299 e. The lowest BCUT2D eigenvalue weighted by molar-refractivity contribution is -0.177. The highest BCUT2D eigenvalue weighted by Gasteiger charge is 2.39. The van der Waals surface area contributed by atoms with Crippen LogP contribution in [0.4, 0.5) is 17.9 Å². The van der Waals surface area contributed by atoms with E-state index in [2.05, 4.69) is 0 Å². The van der Waals surface area contributed by atoms with Gasteiger partial charge in [0.2, 0.25) is 0 Å². The zero-order chi connectivity index (χ0) is 8.36. The fraction of sp³-hybridized carbons (Fsp3) is 0.833. The van der Waals surface area contributed by atoms with E-state index in [1.807, 2.05) is 0 Å². The molecule has 0 fully saturated rings. The summed E-state index contributed by atoms with van der Waals surface area (Å²) in [5, 5.41) is 0. The van der Waals surface area contributed by atoms with Gasteiger partial charge >= 0.3 is 6.18 Å². The van der Waals surface area contributed by atoms with E-state index < -0.39 is 17.9 Å². The van der Waals surface area contributed by atoms with Crippen LogP contribution in [0.25, 0.3) is 0 Å². The van der Waals surface area contributed by atoms with Crippen LogP contribution in [0.15, 0.2) is 0 Å². The maximum Gasteiger partial charge on any atom is 0.398 e. The molecular formula is C6H10F4O. The van der Waals surface area contributed by atoms with E-state index in [9.17, 15) is 18.0 Å². The second-order valence-electron chi connectivity index (χ2n) is 2.08. The summed E-state index contributed by atoms with van der Waals surface area (Å²) in [6.07, 6.45) is -4.42. The van der Waals surface area contributed by atoms with Crippen LogP contribution in [0.5, 0.6) is 0 Å². The number of Topliss-reactive ketones (excluding diaryl/α,β-unsaturated/α-hetero) is 1. The predicted molar refractivity (Wildman–Crippen MR) is 33.0 cm³/mol. The van der Waals surface area contributed by atoms with Gasteiger partial charge < -0.3 is 0 Å². The van der Waals surface area contributed by atoms with Crippen LogP contribution in [0.2, 0.25) is 0 Å². The number of halogens is 4. The molecule has 0 amide bonds. The number of ketones is 1. The van der Waals surface area contributed by atoms with Gasteiger partial charge in [-0.25, -0.2) is 0 Å². The summed E-state index contributed by atoms with van der Waals surface area (Å²) in [6.45, 7) is 2.30. The Labute approximate surface area is 62.0 Å². The summed E-state index contributed by atoms with van der Waals surface area (Å²) in [5.41, 5.74) is 0.